The van der Waals surface area contributed by atoms with Crippen LogP contribution in [0.3, 0.4) is 0 Å². The number of methoxy groups -OCH3 is 1. The van der Waals surface area contributed by atoms with Crippen LogP contribution < -0.4 is 10.5 Å². The van der Waals surface area contributed by atoms with Crippen molar-refractivity contribution in [3.63, 3.8) is 0 Å². The molecule has 0 fully saturated rings. The zero-order valence-electron chi connectivity index (χ0n) is 8.60. The molecule has 3 rings (SSSR count). The number of nitrogens with zero attached hydrogens (tertiary/aromatic N) is 2. The summed E-state index contributed by atoms with van der Waals surface area (Å²) in [5, 5.41) is 0. The normalized spacial score (nSPS) is 19.5. The van der Waals surface area contributed by atoms with Crippen molar-refractivity contribution in [1.29, 1.82) is 0 Å². The first-order valence-corrected chi connectivity index (χ1v) is 5.09. The first kappa shape index (κ1) is 8.73. The number of aryl methyl sites for hydroxylation is 1. The van der Waals surface area contributed by atoms with Crippen LogP contribution in [-0.2, 0) is 6.54 Å². The van der Waals surface area contributed by atoms with Crippen LogP contribution in [0.15, 0.2) is 18.2 Å². The van der Waals surface area contributed by atoms with Gasteiger partial charge in [0.1, 0.15) is 11.6 Å². The van der Waals surface area contributed by atoms with Crippen LogP contribution in [0.5, 0.6) is 5.75 Å². The second-order valence-corrected chi connectivity index (χ2v) is 3.87. The summed E-state index contributed by atoms with van der Waals surface area (Å²) in [4.78, 5) is 4.53. The van der Waals surface area contributed by atoms with E-state index in [0.717, 1.165) is 35.6 Å². The molecule has 0 saturated carbocycles. The molecule has 0 aliphatic carbocycles. The molecule has 15 heavy (non-hydrogen) atoms. The Hall–Kier alpha value is -1.55. The van der Waals surface area contributed by atoms with E-state index in [1.165, 1.54) is 0 Å². The lowest BCUT2D eigenvalue weighted by Gasteiger charge is -2.01. The van der Waals surface area contributed by atoms with E-state index in [1.54, 1.807) is 7.11 Å². The van der Waals surface area contributed by atoms with Gasteiger partial charge >= 0.3 is 0 Å². The van der Waals surface area contributed by atoms with Gasteiger partial charge in [-0.15, -0.1) is 0 Å². The number of aromatic nitrogens is 2. The molecule has 2 N–H and O–H groups in total. The molecule has 1 aliphatic heterocycles. The van der Waals surface area contributed by atoms with Gasteiger partial charge in [0.05, 0.1) is 24.2 Å². The van der Waals surface area contributed by atoms with E-state index in [4.69, 9.17) is 10.5 Å². The average Bonchev–Trinajstić information content (AvgIpc) is 2.78. The number of hydrogen-bond acceptors (Lipinski definition) is 3. The standard InChI is InChI=1S/C11H13N3O/c1-15-7-2-3-9-10(6-7)14-5-4-8(12)11(14)13-9/h2-3,6,8H,4-5,12H2,1H3. The van der Waals surface area contributed by atoms with Gasteiger partial charge in [0.15, 0.2) is 0 Å². The molecular formula is C11H13N3O. The zero-order chi connectivity index (χ0) is 10.4. The van der Waals surface area contributed by atoms with Crippen LogP contribution in [0.1, 0.15) is 18.3 Å². The van der Waals surface area contributed by atoms with Gasteiger partial charge in [-0.05, 0) is 18.6 Å². The summed E-state index contributed by atoms with van der Waals surface area (Å²) in [6.45, 7) is 0.958. The topological polar surface area (TPSA) is 53.1 Å². The third-order valence-electron chi connectivity index (χ3n) is 2.98. The molecule has 0 radical (unpaired) electrons. The van der Waals surface area contributed by atoms with Crippen molar-refractivity contribution >= 4 is 11.0 Å². The molecule has 0 amide bonds. The number of hydrogen-bond donors (Lipinski definition) is 1. The van der Waals surface area contributed by atoms with Gasteiger partial charge in [-0.3, -0.25) is 0 Å². The largest absolute Gasteiger partial charge is 0.497 e. The Bertz CT molecular complexity index is 518. The third-order valence-corrected chi connectivity index (χ3v) is 2.98. The fourth-order valence-electron chi connectivity index (χ4n) is 2.16. The number of benzene rings is 1. The Morgan fingerprint density at radius 3 is 3.20 bits per heavy atom. The summed E-state index contributed by atoms with van der Waals surface area (Å²) in [5.74, 6) is 1.86. The molecule has 2 heterocycles. The van der Waals surface area contributed by atoms with Crippen molar-refractivity contribution in [3.8, 4) is 5.75 Å². The van der Waals surface area contributed by atoms with E-state index in [2.05, 4.69) is 9.55 Å². The maximum absolute atomic E-state index is 5.97. The van der Waals surface area contributed by atoms with E-state index in [9.17, 15) is 0 Å². The van der Waals surface area contributed by atoms with Crippen LogP contribution in [0.4, 0.5) is 0 Å². The number of imidazole rings is 1. The Balaban J connectivity index is 2.27. The van der Waals surface area contributed by atoms with Crippen LogP contribution in [0, 0.1) is 0 Å². The molecular weight excluding hydrogens is 190 g/mol. The maximum atomic E-state index is 5.97. The Kier molecular flexibility index (Phi) is 1.73. The second-order valence-electron chi connectivity index (χ2n) is 3.87. The van der Waals surface area contributed by atoms with Gasteiger partial charge in [0, 0.05) is 12.6 Å². The molecule has 78 valence electrons. The molecule has 4 heteroatoms. The van der Waals surface area contributed by atoms with E-state index in [1.807, 2.05) is 18.2 Å². The van der Waals surface area contributed by atoms with E-state index < -0.39 is 0 Å². The van der Waals surface area contributed by atoms with Crippen LogP contribution in [0.25, 0.3) is 11.0 Å². The Morgan fingerprint density at radius 2 is 2.40 bits per heavy atom. The lowest BCUT2D eigenvalue weighted by molar-refractivity contribution is 0.415. The number of fused-ring (bicyclic) bond motifs is 3. The smallest absolute Gasteiger partial charge is 0.126 e. The molecule has 0 spiro atoms. The van der Waals surface area contributed by atoms with Gasteiger partial charge in [0.2, 0.25) is 0 Å². The number of ether oxygens (including phenoxy) is 1. The fourth-order valence-corrected chi connectivity index (χ4v) is 2.16. The summed E-state index contributed by atoms with van der Waals surface area (Å²) in [6.07, 6.45) is 0.982. The lowest BCUT2D eigenvalue weighted by atomic mass is 10.2. The second kappa shape index (κ2) is 2.97. The highest BCUT2D eigenvalue weighted by Gasteiger charge is 2.23. The molecule has 0 bridgehead atoms. The van der Waals surface area contributed by atoms with Crippen LogP contribution >= 0.6 is 0 Å². The first-order chi connectivity index (χ1) is 7.29. The van der Waals surface area contributed by atoms with Crippen molar-refractivity contribution in [2.24, 2.45) is 5.73 Å². The molecule has 1 aliphatic rings. The minimum Gasteiger partial charge on any atom is -0.497 e. The monoisotopic (exact) mass is 203 g/mol. The summed E-state index contributed by atoms with van der Waals surface area (Å²) < 4.78 is 7.39. The Morgan fingerprint density at radius 1 is 1.53 bits per heavy atom. The van der Waals surface area contributed by atoms with Gasteiger partial charge in [-0.1, -0.05) is 0 Å². The van der Waals surface area contributed by atoms with Crippen molar-refractivity contribution in [2.45, 2.75) is 19.0 Å². The summed E-state index contributed by atoms with van der Waals surface area (Å²) in [7, 11) is 1.67. The Labute approximate surface area is 87.7 Å². The molecule has 0 saturated heterocycles. The van der Waals surface area contributed by atoms with Crippen molar-refractivity contribution < 1.29 is 4.74 Å². The maximum Gasteiger partial charge on any atom is 0.126 e. The summed E-state index contributed by atoms with van der Waals surface area (Å²) in [5.41, 5.74) is 8.09. The minimum atomic E-state index is 0.0865. The third kappa shape index (κ3) is 1.15. The summed E-state index contributed by atoms with van der Waals surface area (Å²) in [6, 6.07) is 6.01. The molecule has 4 nitrogen and oxygen atoms in total. The van der Waals surface area contributed by atoms with Gasteiger partial charge in [0.25, 0.3) is 0 Å². The highest BCUT2D eigenvalue weighted by Crippen LogP contribution is 2.29. The van der Waals surface area contributed by atoms with Gasteiger partial charge in [-0.2, -0.15) is 0 Å². The average molecular weight is 203 g/mol. The molecule has 2 aromatic rings. The van der Waals surface area contributed by atoms with Gasteiger partial charge < -0.3 is 15.0 Å². The van der Waals surface area contributed by atoms with Crippen LogP contribution in [0.2, 0.25) is 0 Å². The quantitative estimate of drug-likeness (QED) is 0.763. The number of rotatable bonds is 1. The highest BCUT2D eigenvalue weighted by molar-refractivity contribution is 5.78. The predicted molar refractivity (Wildman–Crippen MR) is 57.8 cm³/mol. The summed E-state index contributed by atoms with van der Waals surface area (Å²) >= 11 is 0. The van der Waals surface area contributed by atoms with E-state index in [0.29, 0.717) is 0 Å². The first-order valence-electron chi connectivity index (χ1n) is 5.09. The van der Waals surface area contributed by atoms with Gasteiger partial charge in [-0.25, -0.2) is 4.98 Å². The highest BCUT2D eigenvalue weighted by atomic mass is 16.5. The minimum absolute atomic E-state index is 0.0865. The van der Waals surface area contributed by atoms with Crippen molar-refractivity contribution in [3.05, 3.63) is 24.0 Å². The van der Waals surface area contributed by atoms with Crippen molar-refractivity contribution in [1.82, 2.24) is 9.55 Å². The lowest BCUT2D eigenvalue weighted by Crippen LogP contribution is -2.06. The molecule has 1 unspecified atom stereocenters. The zero-order valence-corrected chi connectivity index (χ0v) is 8.60. The van der Waals surface area contributed by atoms with E-state index in [-0.39, 0.29) is 6.04 Å². The predicted octanol–water partition coefficient (Wildman–Crippen LogP) is 1.45. The SMILES string of the molecule is COc1ccc2nc3n(c2c1)CCC3N. The number of nitrogens with two attached hydrogens (primary N) is 1. The molecule has 1 atom stereocenters. The van der Waals surface area contributed by atoms with Crippen LogP contribution in [-0.4, -0.2) is 16.7 Å². The fraction of sp³-hybridized carbons (Fsp3) is 0.364. The van der Waals surface area contributed by atoms with Crippen molar-refractivity contribution in [2.75, 3.05) is 7.11 Å². The van der Waals surface area contributed by atoms with E-state index >= 15 is 0 Å². The molecule has 1 aromatic carbocycles. The molecule has 1 aromatic heterocycles.